The highest BCUT2D eigenvalue weighted by atomic mass is 32.2. The average molecular weight is 287 g/mol. The van der Waals surface area contributed by atoms with Crippen molar-refractivity contribution in [2.75, 3.05) is 12.4 Å². The third-order valence-electron chi connectivity index (χ3n) is 2.71. The van der Waals surface area contributed by atoms with Crippen LogP contribution in [-0.2, 0) is 0 Å². The van der Waals surface area contributed by atoms with E-state index in [-0.39, 0.29) is 5.78 Å². The lowest BCUT2D eigenvalue weighted by atomic mass is 10.1. The van der Waals surface area contributed by atoms with E-state index in [1.165, 1.54) is 4.90 Å². The Balaban J connectivity index is 2.19. The van der Waals surface area contributed by atoms with Crippen LogP contribution >= 0.6 is 11.8 Å². The Morgan fingerprint density at radius 3 is 2.55 bits per heavy atom. The molecule has 4 heteroatoms. The van der Waals surface area contributed by atoms with Crippen LogP contribution in [0, 0.1) is 0 Å². The molecule has 0 saturated heterocycles. The summed E-state index contributed by atoms with van der Waals surface area (Å²) < 4.78 is 5.37. The monoisotopic (exact) mass is 287 g/mol. The van der Waals surface area contributed by atoms with Gasteiger partial charge in [-0.3, -0.25) is 9.78 Å². The van der Waals surface area contributed by atoms with E-state index in [1.54, 1.807) is 30.2 Å². The number of ketones is 1. The maximum atomic E-state index is 12.4. The molecule has 3 nitrogen and oxygen atoms in total. The largest absolute Gasteiger partial charge is 0.492 e. The van der Waals surface area contributed by atoms with Crippen LogP contribution in [0.3, 0.4) is 0 Å². The molecule has 0 aliphatic carbocycles. The predicted octanol–water partition coefficient (Wildman–Crippen LogP) is 3.82. The molecule has 2 rings (SSSR count). The van der Waals surface area contributed by atoms with Crippen molar-refractivity contribution in [3.63, 3.8) is 0 Å². The molecule has 0 atom stereocenters. The van der Waals surface area contributed by atoms with Crippen molar-refractivity contribution >= 4 is 17.5 Å². The number of nitrogens with zero attached hydrogens (tertiary/aromatic N) is 1. The molecule has 1 aromatic carbocycles. The van der Waals surface area contributed by atoms with Crippen molar-refractivity contribution in [2.24, 2.45) is 0 Å². The van der Waals surface area contributed by atoms with E-state index in [4.69, 9.17) is 4.74 Å². The fourth-order valence-corrected chi connectivity index (χ4v) is 2.49. The number of thioether (sulfide) groups is 1. The molecular formula is C16H17NO2S. The third kappa shape index (κ3) is 3.61. The van der Waals surface area contributed by atoms with Crippen LogP contribution in [0.1, 0.15) is 29.8 Å². The molecule has 0 unspecified atom stereocenters. The zero-order valence-corrected chi connectivity index (χ0v) is 12.4. The number of hydrogen-bond acceptors (Lipinski definition) is 4. The third-order valence-corrected chi connectivity index (χ3v) is 3.61. The molecule has 0 N–H and O–H groups in total. The zero-order valence-electron chi connectivity index (χ0n) is 11.6. The number of carbonyl (C=O) groups is 1. The van der Waals surface area contributed by atoms with E-state index < -0.39 is 0 Å². The molecule has 0 aliphatic rings. The van der Waals surface area contributed by atoms with Gasteiger partial charge in [0, 0.05) is 22.2 Å². The molecule has 0 amide bonds. The van der Waals surface area contributed by atoms with Gasteiger partial charge >= 0.3 is 0 Å². The standard InChI is InChI=1S/C16H17NO2S/c1-3-19-14-9-13(10-17-11-14)16(18)12-5-7-15(8-6-12)20-4-2/h5-11H,3-4H2,1-2H3. The number of hydrogen-bond donors (Lipinski definition) is 0. The Bertz CT molecular complexity index is 581. The van der Waals surface area contributed by atoms with E-state index >= 15 is 0 Å². The fraction of sp³-hybridized carbons (Fsp3) is 0.250. The first kappa shape index (κ1) is 14.6. The number of rotatable bonds is 6. The molecule has 20 heavy (non-hydrogen) atoms. The molecule has 0 aliphatic heterocycles. The van der Waals surface area contributed by atoms with Gasteiger partial charge in [-0.2, -0.15) is 0 Å². The quantitative estimate of drug-likeness (QED) is 0.598. The molecule has 0 saturated carbocycles. The Kier molecular flexibility index (Phi) is 5.18. The second-order valence-electron chi connectivity index (χ2n) is 4.13. The summed E-state index contributed by atoms with van der Waals surface area (Å²) in [4.78, 5) is 17.6. The average Bonchev–Trinajstić information content (AvgIpc) is 2.48. The topological polar surface area (TPSA) is 39.2 Å². The van der Waals surface area contributed by atoms with Crippen LogP contribution in [0.5, 0.6) is 5.75 Å². The zero-order chi connectivity index (χ0) is 14.4. The number of carbonyl (C=O) groups excluding carboxylic acids is 1. The van der Waals surface area contributed by atoms with Gasteiger partial charge in [0.05, 0.1) is 12.8 Å². The lowest BCUT2D eigenvalue weighted by molar-refractivity contribution is 0.103. The van der Waals surface area contributed by atoms with Crippen molar-refractivity contribution in [1.82, 2.24) is 4.98 Å². The number of pyridine rings is 1. The molecule has 1 heterocycles. The van der Waals surface area contributed by atoms with Gasteiger partial charge in [-0.25, -0.2) is 0 Å². The van der Waals surface area contributed by atoms with Crippen LogP contribution < -0.4 is 4.74 Å². The van der Waals surface area contributed by atoms with Gasteiger partial charge in [-0.15, -0.1) is 11.8 Å². The van der Waals surface area contributed by atoms with Gasteiger partial charge in [-0.1, -0.05) is 6.92 Å². The summed E-state index contributed by atoms with van der Waals surface area (Å²) >= 11 is 1.76. The second kappa shape index (κ2) is 7.10. The van der Waals surface area contributed by atoms with Crippen LogP contribution in [-0.4, -0.2) is 23.1 Å². The van der Waals surface area contributed by atoms with Crippen molar-refractivity contribution in [2.45, 2.75) is 18.7 Å². The molecule has 104 valence electrons. The first-order valence-corrected chi connectivity index (χ1v) is 7.58. The first-order valence-electron chi connectivity index (χ1n) is 6.60. The molecular weight excluding hydrogens is 270 g/mol. The maximum Gasteiger partial charge on any atom is 0.194 e. The van der Waals surface area contributed by atoms with Crippen LogP contribution in [0.25, 0.3) is 0 Å². The minimum atomic E-state index is -0.0351. The van der Waals surface area contributed by atoms with E-state index in [9.17, 15) is 4.79 Å². The summed E-state index contributed by atoms with van der Waals surface area (Å²) in [5, 5.41) is 0. The summed E-state index contributed by atoms with van der Waals surface area (Å²) in [6, 6.07) is 9.39. The van der Waals surface area contributed by atoms with Crippen molar-refractivity contribution in [3.8, 4) is 5.75 Å². The fourth-order valence-electron chi connectivity index (χ4n) is 1.82. The summed E-state index contributed by atoms with van der Waals surface area (Å²) in [6.07, 6.45) is 3.18. The predicted molar refractivity (Wildman–Crippen MR) is 81.7 cm³/mol. The second-order valence-corrected chi connectivity index (χ2v) is 5.47. The Morgan fingerprint density at radius 2 is 1.90 bits per heavy atom. The normalized spacial score (nSPS) is 10.3. The van der Waals surface area contributed by atoms with Gasteiger partial charge in [-0.05, 0) is 43.0 Å². The van der Waals surface area contributed by atoms with Gasteiger partial charge in [0.2, 0.25) is 0 Å². The SMILES string of the molecule is CCOc1cncc(C(=O)c2ccc(SCC)cc2)c1. The molecule has 2 aromatic rings. The highest BCUT2D eigenvalue weighted by Gasteiger charge is 2.10. The first-order chi connectivity index (χ1) is 9.74. The number of aromatic nitrogens is 1. The van der Waals surface area contributed by atoms with Gasteiger partial charge in [0.25, 0.3) is 0 Å². The van der Waals surface area contributed by atoms with Crippen LogP contribution in [0.15, 0.2) is 47.6 Å². The summed E-state index contributed by atoms with van der Waals surface area (Å²) in [6.45, 7) is 4.56. The van der Waals surface area contributed by atoms with Crippen LogP contribution in [0.2, 0.25) is 0 Å². The smallest absolute Gasteiger partial charge is 0.194 e. The highest BCUT2D eigenvalue weighted by molar-refractivity contribution is 7.99. The minimum absolute atomic E-state index is 0.0351. The maximum absolute atomic E-state index is 12.4. The molecule has 1 aromatic heterocycles. The lowest BCUT2D eigenvalue weighted by Crippen LogP contribution is -2.03. The van der Waals surface area contributed by atoms with E-state index in [0.29, 0.717) is 23.5 Å². The number of ether oxygens (including phenoxy) is 1. The minimum Gasteiger partial charge on any atom is -0.492 e. The molecule has 0 spiro atoms. The Labute approximate surface area is 123 Å². The summed E-state index contributed by atoms with van der Waals surface area (Å²) in [5.74, 6) is 1.61. The van der Waals surface area contributed by atoms with E-state index in [1.807, 2.05) is 31.2 Å². The van der Waals surface area contributed by atoms with E-state index in [2.05, 4.69) is 11.9 Å². The lowest BCUT2D eigenvalue weighted by Gasteiger charge is -2.05. The summed E-state index contributed by atoms with van der Waals surface area (Å²) in [5.41, 5.74) is 1.22. The van der Waals surface area contributed by atoms with Gasteiger partial charge < -0.3 is 4.74 Å². The van der Waals surface area contributed by atoms with Gasteiger partial charge in [0.15, 0.2) is 5.78 Å². The van der Waals surface area contributed by atoms with Crippen molar-refractivity contribution < 1.29 is 9.53 Å². The molecule has 0 bridgehead atoms. The molecule has 0 fully saturated rings. The van der Waals surface area contributed by atoms with E-state index in [0.717, 1.165) is 5.75 Å². The number of benzene rings is 1. The van der Waals surface area contributed by atoms with Crippen molar-refractivity contribution in [3.05, 3.63) is 53.9 Å². The highest BCUT2D eigenvalue weighted by Crippen LogP contribution is 2.20. The summed E-state index contributed by atoms with van der Waals surface area (Å²) in [7, 11) is 0. The van der Waals surface area contributed by atoms with Crippen molar-refractivity contribution in [1.29, 1.82) is 0 Å². The molecule has 0 radical (unpaired) electrons. The Morgan fingerprint density at radius 1 is 1.15 bits per heavy atom. The Hall–Kier alpha value is -1.81. The van der Waals surface area contributed by atoms with Gasteiger partial charge in [0.1, 0.15) is 5.75 Å². The van der Waals surface area contributed by atoms with Crippen LogP contribution in [0.4, 0.5) is 0 Å².